The molecule has 0 saturated heterocycles. The zero-order valence-electron chi connectivity index (χ0n) is 14.8. The number of hydrogen-bond donors (Lipinski definition) is 1. The van der Waals surface area contributed by atoms with Gasteiger partial charge in [-0.25, -0.2) is 0 Å². The Morgan fingerprint density at radius 2 is 2.12 bits per heavy atom. The summed E-state index contributed by atoms with van der Waals surface area (Å²) in [5.41, 5.74) is 1.74. The lowest BCUT2D eigenvalue weighted by molar-refractivity contribution is -0.129. The number of likely N-dealkylation sites (N-methyl/N-ethyl adjacent to an activating group) is 1. The summed E-state index contributed by atoms with van der Waals surface area (Å²) in [5, 5.41) is 3.98. The van der Waals surface area contributed by atoms with Crippen molar-refractivity contribution in [2.75, 3.05) is 19.4 Å². The number of furan rings is 1. The van der Waals surface area contributed by atoms with E-state index in [1.54, 1.807) is 25.3 Å². The minimum Gasteiger partial charge on any atom is -0.469 e. The Morgan fingerprint density at radius 3 is 2.85 bits per heavy atom. The Labute approximate surface area is 151 Å². The first-order chi connectivity index (χ1) is 12.5. The molecular weight excluding hydrogens is 330 g/mol. The third-order valence-corrected chi connectivity index (χ3v) is 4.88. The second-order valence-electron chi connectivity index (χ2n) is 6.96. The van der Waals surface area contributed by atoms with Crippen LogP contribution in [-0.2, 0) is 16.1 Å². The van der Waals surface area contributed by atoms with Crippen LogP contribution in [-0.4, -0.2) is 35.4 Å². The van der Waals surface area contributed by atoms with Gasteiger partial charge in [0.15, 0.2) is 0 Å². The van der Waals surface area contributed by atoms with Crippen LogP contribution in [0.2, 0.25) is 0 Å². The van der Waals surface area contributed by atoms with E-state index < -0.39 is 0 Å². The molecule has 0 radical (unpaired) electrons. The minimum absolute atomic E-state index is 0.0213. The van der Waals surface area contributed by atoms with Gasteiger partial charge in [-0.1, -0.05) is 0 Å². The minimum atomic E-state index is -0.0286. The van der Waals surface area contributed by atoms with Gasteiger partial charge in [0.1, 0.15) is 12.3 Å². The van der Waals surface area contributed by atoms with E-state index in [9.17, 15) is 9.59 Å². The molecule has 1 fully saturated rings. The number of hydrogen-bond acceptors (Lipinski definition) is 3. The van der Waals surface area contributed by atoms with Crippen LogP contribution in [0.1, 0.15) is 18.1 Å². The fourth-order valence-electron chi connectivity index (χ4n) is 3.24. The van der Waals surface area contributed by atoms with Crippen LogP contribution in [0.5, 0.6) is 0 Å². The molecule has 2 atom stereocenters. The van der Waals surface area contributed by atoms with Gasteiger partial charge in [0.05, 0.1) is 6.26 Å². The number of fused-ring (bicyclic) bond motifs is 1. The summed E-state index contributed by atoms with van der Waals surface area (Å²) in [6, 6.07) is 11.5. The van der Waals surface area contributed by atoms with Gasteiger partial charge in [-0.3, -0.25) is 9.59 Å². The molecule has 6 heteroatoms. The average Bonchev–Trinajstić information content (AvgIpc) is 3.05. The molecule has 4 rings (SSSR count). The van der Waals surface area contributed by atoms with E-state index in [0.717, 1.165) is 28.8 Å². The van der Waals surface area contributed by atoms with Crippen molar-refractivity contribution in [3.63, 3.8) is 0 Å². The molecule has 2 amide bonds. The summed E-state index contributed by atoms with van der Waals surface area (Å²) in [5.74, 6) is 1.10. The van der Waals surface area contributed by atoms with E-state index in [1.807, 2.05) is 47.2 Å². The molecule has 3 aromatic rings. The van der Waals surface area contributed by atoms with Crippen molar-refractivity contribution in [1.29, 1.82) is 0 Å². The zero-order chi connectivity index (χ0) is 18.3. The first-order valence-electron chi connectivity index (χ1n) is 8.66. The van der Waals surface area contributed by atoms with Crippen LogP contribution in [0.4, 0.5) is 5.69 Å². The molecule has 0 unspecified atom stereocenters. The topological polar surface area (TPSA) is 67.5 Å². The Balaban J connectivity index is 1.45. The number of nitrogens with one attached hydrogen (secondary N) is 1. The molecule has 1 aromatic carbocycles. The molecule has 26 heavy (non-hydrogen) atoms. The lowest BCUT2D eigenvalue weighted by Crippen LogP contribution is -2.25. The first-order valence-corrected chi connectivity index (χ1v) is 8.66. The van der Waals surface area contributed by atoms with E-state index in [0.29, 0.717) is 6.54 Å². The lowest BCUT2D eigenvalue weighted by Gasteiger charge is -2.12. The van der Waals surface area contributed by atoms with Gasteiger partial charge in [0.25, 0.3) is 0 Å². The molecule has 0 aliphatic heterocycles. The largest absolute Gasteiger partial charge is 0.469 e. The van der Waals surface area contributed by atoms with Crippen LogP contribution in [0.15, 0.2) is 53.3 Å². The Bertz CT molecular complexity index is 956. The molecular formula is C20H21N3O3. The molecule has 1 N–H and O–H groups in total. The summed E-state index contributed by atoms with van der Waals surface area (Å²) in [4.78, 5) is 25.9. The molecule has 2 heterocycles. The number of nitrogens with zero attached hydrogens (tertiary/aromatic N) is 2. The fourth-order valence-corrected chi connectivity index (χ4v) is 3.24. The fraction of sp³-hybridized carbons (Fsp3) is 0.300. The predicted octanol–water partition coefficient (Wildman–Crippen LogP) is 3.06. The molecule has 0 spiro atoms. The number of anilines is 1. The summed E-state index contributed by atoms with van der Waals surface area (Å²) >= 11 is 0. The van der Waals surface area contributed by atoms with Crippen molar-refractivity contribution in [2.24, 2.45) is 5.92 Å². The van der Waals surface area contributed by atoms with Crippen LogP contribution in [0.3, 0.4) is 0 Å². The zero-order valence-corrected chi connectivity index (χ0v) is 14.8. The number of benzene rings is 1. The highest BCUT2D eigenvalue weighted by Gasteiger charge is 2.45. The molecule has 134 valence electrons. The summed E-state index contributed by atoms with van der Waals surface area (Å²) in [7, 11) is 3.49. The van der Waals surface area contributed by atoms with Gasteiger partial charge < -0.3 is 19.2 Å². The van der Waals surface area contributed by atoms with Crippen molar-refractivity contribution >= 4 is 28.4 Å². The number of amides is 2. The third-order valence-electron chi connectivity index (χ3n) is 4.88. The van der Waals surface area contributed by atoms with E-state index in [1.165, 1.54) is 0 Å². The molecule has 1 aliphatic carbocycles. The molecule has 0 bridgehead atoms. The Kier molecular flexibility index (Phi) is 4.03. The van der Waals surface area contributed by atoms with Crippen molar-refractivity contribution in [3.8, 4) is 0 Å². The van der Waals surface area contributed by atoms with E-state index in [2.05, 4.69) is 5.32 Å². The van der Waals surface area contributed by atoms with Gasteiger partial charge in [-0.15, -0.1) is 0 Å². The second-order valence-corrected chi connectivity index (χ2v) is 6.96. The molecule has 2 aromatic heterocycles. The van der Waals surface area contributed by atoms with E-state index in [4.69, 9.17) is 4.42 Å². The van der Waals surface area contributed by atoms with Crippen molar-refractivity contribution in [1.82, 2.24) is 9.47 Å². The quantitative estimate of drug-likeness (QED) is 0.768. The van der Waals surface area contributed by atoms with Crippen LogP contribution < -0.4 is 5.32 Å². The monoisotopic (exact) mass is 351 g/mol. The van der Waals surface area contributed by atoms with Gasteiger partial charge in [0, 0.05) is 48.7 Å². The predicted molar refractivity (Wildman–Crippen MR) is 98.8 cm³/mol. The summed E-state index contributed by atoms with van der Waals surface area (Å²) in [6.45, 7) is 0.301. The van der Waals surface area contributed by atoms with Crippen molar-refractivity contribution in [3.05, 3.63) is 54.6 Å². The summed E-state index contributed by atoms with van der Waals surface area (Å²) in [6.07, 6.45) is 4.36. The first kappa shape index (κ1) is 16.4. The molecule has 6 nitrogen and oxygen atoms in total. The number of carbonyl (C=O) groups is 2. The smallest absolute Gasteiger partial charge is 0.241 e. The van der Waals surface area contributed by atoms with Gasteiger partial charge in [0.2, 0.25) is 11.8 Å². The Morgan fingerprint density at radius 1 is 1.27 bits per heavy atom. The maximum absolute atomic E-state index is 12.4. The molecule has 1 aliphatic rings. The van der Waals surface area contributed by atoms with Gasteiger partial charge in [-0.05, 0) is 42.8 Å². The SMILES string of the molecule is CN(C)C(=O)Cn1ccc2cc(NC(=O)[C@@H]3C[C@@H]3c3ccco3)ccc21. The van der Waals surface area contributed by atoms with E-state index in [-0.39, 0.29) is 23.7 Å². The lowest BCUT2D eigenvalue weighted by atomic mass is 10.2. The second kappa shape index (κ2) is 6.37. The standard InChI is InChI=1S/C20H21N3O3/c1-22(2)19(24)12-23-8-7-13-10-14(5-6-17(13)23)21-20(25)16-11-15(16)18-4-3-9-26-18/h3-10,15-16H,11-12H2,1-2H3,(H,21,25)/t15-,16+/m0/s1. The highest BCUT2D eigenvalue weighted by molar-refractivity contribution is 5.97. The van der Waals surface area contributed by atoms with Crippen LogP contribution >= 0.6 is 0 Å². The van der Waals surface area contributed by atoms with Crippen LogP contribution in [0, 0.1) is 5.92 Å². The highest BCUT2D eigenvalue weighted by Crippen LogP contribution is 2.48. The summed E-state index contributed by atoms with van der Waals surface area (Å²) < 4.78 is 7.30. The highest BCUT2D eigenvalue weighted by atomic mass is 16.3. The van der Waals surface area contributed by atoms with Gasteiger partial charge >= 0.3 is 0 Å². The number of carbonyl (C=O) groups excluding carboxylic acids is 2. The third kappa shape index (κ3) is 3.10. The number of rotatable bonds is 5. The van der Waals surface area contributed by atoms with Crippen LogP contribution in [0.25, 0.3) is 10.9 Å². The van der Waals surface area contributed by atoms with Crippen molar-refractivity contribution in [2.45, 2.75) is 18.9 Å². The number of aromatic nitrogens is 1. The normalized spacial score (nSPS) is 18.7. The maximum Gasteiger partial charge on any atom is 0.241 e. The van der Waals surface area contributed by atoms with E-state index >= 15 is 0 Å². The van der Waals surface area contributed by atoms with Crippen molar-refractivity contribution < 1.29 is 14.0 Å². The maximum atomic E-state index is 12.4. The average molecular weight is 351 g/mol. The molecule has 1 saturated carbocycles. The Hall–Kier alpha value is -3.02. The van der Waals surface area contributed by atoms with Gasteiger partial charge in [-0.2, -0.15) is 0 Å².